The van der Waals surface area contributed by atoms with Crippen molar-refractivity contribution < 1.29 is 19.1 Å². The summed E-state index contributed by atoms with van der Waals surface area (Å²) < 4.78 is 12.0. The zero-order valence-electron chi connectivity index (χ0n) is 20.7. The van der Waals surface area contributed by atoms with Crippen molar-refractivity contribution in [3.05, 3.63) is 40.3 Å². The molecule has 186 valence electrons. The highest BCUT2D eigenvalue weighted by Crippen LogP contribution is 2.27. The Kier molecular flexibility index (Phi) is 9.44. The second-order valence-corrected chi connectivity index (χ2v) is 9.94. The molecule has 0 saturated carbocycles. The Balaban J connectivity index is 1.91. The lowest BCUT2D eigenvalue weighted by Crippen LogP contribution is -2.46. The van der Waals surface area contributed by atoms with Crippen LogP contribution in [0.15, 0.2) is 29.8 Å². The van der Waals surface area contributed by atoms with Crippen molar-refractivity contribution in [1.82, 2.24) is 14.8 Å². The molecular weight excluding hydrogens is 452 g/mol. The number of nitrogens with zero attached hydrogens (tertiary/aromatic N) is 3. The van der Waals surface area contributed by atoms with Crippen LogP contribution >= 0.6 is 11.3 Å². The fraction of sp³-hybridized carbons (Fsp3) is 0.560. The molecule has 9 heteroatoms. The maximum Gasteiger partial charge on any atom is 0.257 e. The number of ether oxygens (including phenoxy) is 2. The van der Waals surface area contributed by atoms with E-state index < -0.39 is 0 Å². The molecule has 1 aromatic heterocycles. The monoisotopic (exact) mass is 488 g/mol. The highest BCUT2D eigenvalue weighted by molar-refractivity contribution is 7.09. The molecule has 1 N–H and O–H groups in total. The van der Waals surface area contributed by atoms with E-state index >= 15 is 0 Å². The van der Waals surface area contributed by atoms with Crippen LogP contribution in [0.3, 0.4) is 0 Å². The maximum atomic E-state index is 13.4. The standard InChI is InChI=1S/C25H36N4O4S/c1-6-7-23(30)27-19-8-9-21-20(12-19)25(31)28(4)14-22(32-5)17(2)13-29(18(3)16-33-21)15-24-26-10-11-34-24/h8-12,17-18,22H,6-7,13-16H2,1-5H3,(H,27,30)/t17-,18+,22-/m0/s1. The van der Waals surface area contributed by atoms with Crippen LogP contribution in [0.1, 0.15) is 49.0 Å². The Morgan fingerprint density at radius 2 is 2.12 bits per heavy atom. The smallest absolute Gasteiger partial charge is 0.257 e. The fourth-order valence-corrected chi connectivity index (χ4v) is 4.75. The number of rotatable bonds is 6. The van der Waals surface area contributed by atoms with Crippen molar-refractivity contribution in [2.45, 2.75) is 52.3 Å². The van der Waals surface area contributed by atoms with Gasteiger partial charge in [-0.3, -0.25) is 14.5 Å². The first kappa shape index (κ1) is 26.1. The average molecular weight is 489 g/mol. The van der Waals surface area contributed by atoms with Crippen molar-refractivity contribution >= 4 is 28.8 Å². The molecule has 0 spiro atoms. The van der Waals surface area contributed by atoms with E-state index in [4.69, 9.17) is 9.47 Å². The van der Waals surface area contributed by atoms with Crippen LogP contribution in [-0.2, 0) is 16.1 Å². The van der Waals surface area contributed by atoms with E-state index in [0.29, 0.717) is 36.6 Å². The summed E-state index contributed by atoms with van der Waals surface area (Å²) in [6.45, 7) is 8.61. The lowest BCUT2D eigenvalue weighted by molar-refractivity contribution is -0.116. The quantitative estimate of drug-likeness (QED) is 0.664. The van der Waals surface area contributed by atoms with Gasteiger partial charge >= 0.3 is 0 Å². The van der Waals surface area contributed by atoms with Gasteiger partial charge in [0.25, 0.3) is 5.91 Å². The predicted octanol–water partition coefficient (Wildman–Crippen LogP) is 3.89. The van der Waals surface area contributed by atoms with Gasteiger partial charge in [0.05, 0.1) is 18.2 Å². The van der Waals surface area contributed by atoms with Crippen molar-refractivity contribution in [1.29, 1.82) is 0 Å². The third kappa shape index (κ3) is 6.77. The number of methoxy groups -OCH3 is 1. The summed E-state index contributed by atoms with van der Waals surface area (Å²) >= 11 is 1.64. The molecule has 1 aromatic carbocycles. The second kappa shape index (κ2) is 12.3. The normalized spacial score (nSPS) is 22.3. The van der Waals surface area contributed by atoms with Gasteiger partial charge in [-0.15, -0.1) is 11.3 Å². The number of benzene rings is 1. The SMILES string of the molecule is CCCC(=O)Nc1ccc2c(c1)C(=O)N(C)C[C@H](OC)[C@@H](C)CN(Cc1nccs1)[C@H](C)CO2. The Bertz CT molecular complexity index is 952. The molecule has 2 aromatic rings. The van der Waals surface area contributed by atoms with E-state index in [1.807, 2.05) is 18.5 Å². The van der Waals surface area contributed by atoms with Gasteiger partial charge in [0.1, 0.15) is 17.4 Å². The van der Waals surface area contributed by atoms with Crippen LogP contribution in [0.5, 0.6) is 5.75 Å². The fourth-order valence-electron chi connectivity index (χ4n) is 4.10. The van der Waals surface area contributed by atoms with Gasteiger partial charge in [-0.2, -0.15) is 0 Å². The van der Waals surface area contributed by atoms with Crippen molar-refractivity contribution in [3.8, 4) is 5.75 Å². The summed E-state index contributed by atoms with van der Waals surface area (Å²) in [5, 5.41) is 5.92. The van der Waals surface area contributed by atoms with Crippen LogP contribution in [-0.4, -0.2) is 72.6 Å². The summed E-state index contributed by atoms with van der Waals surface area (Å²) in [6.07, 6.45) is 2.89. The Hall–Kier alpha value is -2.49. The van der Waals surface area contributed by atoms with Crippen LogP contribution in [0.25, 0.3) is 0 Å². The molecule has 0 fully saturated rings. The van der Waals surface area contributed by atoms with Crippen LogP contribution in [0, 0.1) is 5.92 Å². The maximum absolute atomic E-state index is 13.4. The average Bonchev–Trinajstić information content (AvgIpc) is 3.33. The van der Waals surface area contributed by atoms with E-state index in [1.165, 1.54) is 0 Å². The summed E-state index contributed by atoms with van der Waals surface area (Å²) in [5.41, 5.74) is 1.02. The van der Waals surface area contributed by atoms with E-state index in [9.17, 15) is 9.59 Å². The van der Waals surface area contributed by atoms with Crippen LogP contribution in [0.4, 0.5) is 5.69 Å². The lowest BCUT2D eigenvalue weighted by atomic mass is 10.0. The molecule has 3 rings (SSSR count). The van der Waals surface area contributed by atoms with Gasteiger partial charge in [-0.1, -0.05) is 13.8 Å². The molecule has 1 aliphatic heterocycles. The van der Waals surface area contributed by atoms with Crippen LogP contribution < -0.4 is 10.1 Å². The minimum absolute atomic E-state index is 0.0722. The number of carbonyl (C=O) groups excluding carboxylic acids is 2. The number of thiazole rings is 1. The summed E-state index contributed by atoms with van der Waals surface area (Å²) in [6, 6.07) is 5.34. The van der Waals surface area contributed by atoms with Gasteiger partial charge in [0.2, 0.25) is 5.91 Å². The molecule has 3 atom stereocenters. The molecule has 34 heavy (non-hydrogen) atoms. The molecule has 1 aliphatic rings. The zero-order valence-corrected chi connectivity index (χ0v) is 21.6. The van der Waals surface area contributed by atoms with Gasteiger partial charge in [0.15, 0.2) is 0 Å². The topological polar surface area (TPSA) is 84.0 Å². The first-order chi connectivity index (χ1) is 16.3. The van der Waals surface area contributed by atoms with Crippen LogP contribution in [0.2, 0.25) is 0 Å². The Labute approximate surface area is 206 Å². The number of anilines is 1. The molecule has 8 nitrogen and oxygen atoms in total. The molecule has 0 aliphatic carbocycles. The summed E-state index contributed by atoms with van der Waals surface area (Å²) in [4.78, 5) is 34.0. The second-order valence-electron chi connectivity index (χ2n) is 8.96. The summed E-state index contributed by atoms with van der Waals surface area (Å²) in [7, 11) is 3.47. The third-order valence-electron chi connectivity index (χ3n) is 6.16. The largest absolute Gasteiger partial charge is 0.491 e. The number of amides is 2. The Morgan fingerprint density at radius 3 is 2.79 bits per heavy atom. The van der Waals surface area contributed by atoms with Crippen molar-refractivity contribution in [2.75, 3.05) is 39.2 Å². The highest BCUT2D eigenvalue weighted by atomic mass is 32.1. The van der Waals surface area contributed by atoms with Gasteiger partial charge in [0, 0.05) is 57.0 Å². The highest BCUT2D eigenvalue weighted by Gasteiger charge is 2.28. The number of fused-ring (bicyclic) bond motifs is 1. The number of hydrogen-bond donors (Lipinski definition) is 1. The number of hydrogen-bond acceptors (Lipinski definition) is 7. The van der Waals surface area contributed by atoms with Gasteiger partial charge < -0.3 is 19.7 Å². The molecule has 2 amide bonds. The first-order valence-electron chi connectivity index (χ1n) is 11.8. The molecule has 2 heterocycles. The number of aromatic nitrogens is 1. The molecule has 0 saturated heterocycles. The van der Waals surface area contributed by atoms with E-state index in [0.717, 1.165) is 24.5 Å². The molecule has 0 radical (unpaired) electrons. The minimum Gasteiger partial charge on any atom is -0.491 e. The van der Waals surface area contributed by atoms with Gasteiger partial charge in [-0.05, 0) is 37.5 Å². The molecule has 0 bridgehead atoms. The van der Waals surface area contributed by atoms with Gasteiger partial charge in [-0.25, -0.2) is 4.98 Å². The predicted molar refractivity (Wildman–Crippen MR) is 134 cm³/mol. The Morgan fingerprint density at radius 1 is 1.32 bits per heavy atom. The van der Waals surface area contributed by atoms with E-state index in [1.54, 1.807) is 48.6 Å². The third-order valence-corrected chi connectivity index (χ3v) is 6.92. The van der Waals surface area contributed by atoms with Crippen molar-refractivity contribution in [2.24, 2.45) is 5.92 Å². The number of carbonyl (C=O) groups is 2. The number of nitrogens with one attached hydrogen (secondary N) is 1. The molecule has 0 unspecified atom stereocenters. The zero-order chi connectivity index (χ0) is 24.7. The first-order valence-corrected chi connectivity index (χ1v) is 12.7. The van der Waals surface area contributed by atoms with E-state index in [2.05, 4.69) is 29.0 Å². The lowest BCUT2D eigenvalue weighted by Gasteiger charge is -2.35. The number of likely N-dealkylation sites (N-methyl/N-ethyl adjacent to an activating group) is 1. The summed E-state index contributed by atoms with van der Waals surface area (Å²) in [5.74, 6) is 0.455. The van der Waals surface area contributed by atoms with Crippen molar-refractivity contribution in [3.63, 3.8) is 0 Å². The minimum atomic E-state index is -0.163. The molecular formula is C25H36N4O4S. The van der Waals surface area contributed by atoms with E-state index in [-0.39, 0.29) is 29.9 Å².